The molecule has 2 aromatic heterocycles. The number of rotatable bonds is 8. The second-order valence-corrected chi connectivity index (χ2v) is 11.1. The molecule has 0 saturated heterocycles. The standard InChI is InChI=1S/C28H25Br2N5O5/c1-2-39-24-12-18(22(30)14-25(24)40-26-11-9-20(16-31-26)35(37)38)15-32-34-27(17-6-4-3-5-7-17)33-23-10-8-19(29)13-21(23)28(34)36/h8-17H,2-7H2,1H3. The second-order valence-electron chi connectivity index (χ2n) is 9.30. The number of halogens is 2. The third-order valence-corrected chi connectivity index (χ3v) is 7.80. The monoisotopic (exact) mass is 669 g/mol. The summed E-state index contributed by atoms with van der Waals surface area (Å²) in [5.74, 6) is 1.79. The fourth-order valence-corrected chi connectivity index (χ4v) is 5.46. The van der Waals surface area contributed by atoms with Crippen molar-refractivity contribution in [2.75, 3.05) is 6.61 Å². The van der Waals surface area contributed by atoms with Crippen LogP contribution >= 0.6 is 31.9 Å². The molecule has 5 rings (SSSR count). The lowest BCUT2D eigenvalue weighted by atomic mass is 9.88. The van der Waals surface area contributed by atoms with Gasteiger partial charge >= 0.3 is 0 Å². The minimum atomic E-state index is -0.526. The highest BCUT2D eigenvalue weighted by atomic mass is 79.9. The number of pyridine rings is 1. The molecule has 0 radical (unpaired) electrons. The van der Waals surface area contributed by atoms with E-state index in [1.807, 2.05) is 19.1 Å². The van der Waals surface area contributed by atoms with Gasteiger partial charge in [0.05, 0.1) is 28.6 Å². The summed E-state index contributed by atoms with van der Waals surface area (Å²) in [6, 6.07) is 11.7. The van der Waals surface area contributed by atoms with Crippen molar-refractivity contribution in [3.8, 4) is 17.4 Å². The molecule has 0 spiro atoms. The van der Waals surface area contributed by atoms with Crippen molar-refractivity contribution in [1.29, 1.82) is 0 Å². The van der Waals surface area contributed by atoms with Crippen molar-refractivity contribution < 1.29 is 14.4 Å². The summed E-state index contributed by atoms with van der Waals surface area (Å²) in [7, 11) is 0. The molecule has 0 N–H and O–H groups in total. The third-order valence-electron chi connectivity index (χ3n) is 6.62. The first-order valence-corrected chi connectivity index (χ1v) is 14.4. The van der Waals surface area contributed by atoms with Gasteiger partial charge in [0, 0.05) is 32.6 Å². The summed E-state index contributed by atoms with van der Waals surface area (Å²) in [6.07, 6.45) is 8.02. The van der Waals surface area contributed by atoms with Crippen LogP contribution in [-0.4, -0.2) is 32.4 Å². The number of ether oxygens (including phenoxy) is 2. The van der Waals surface area contributed by atoms with E-state index in [1.165, 1.54) is 23.2 Å². The number of hydrogen-bond donors (Lipinski definition) is 0. The molecule has 1 aliphatic carbocycles. The van der Waals surface area contributed by atoms with E-state index in [2.05, 4.69) is 41.9 Å². The average molecular weight is 671 g/mol. The predicted octanol–water partition coefficient (Wildman–Crippen LogP) is 7.35. The van der Waals surface area contributed by atoms with Gasteiger partial charge < -0.3 is 9.47 Å². The van der Waals surface area contributed by atoms with Gasteiger partial charge in [-0.1, -0.05) is 35.2 Å². The first-order valence-electron chi connectivity index (χ1n) is 12.8. The summed E-state index contributed by atoms with van der Waals surface area (Å²) in [4.78, 5) is 32.9. The molecule has 1 saturated carbocycles. The predicted molar refractivity (Wildman–Crippen MR) is 159 cm³/mol. The number of fused-ring (bicyclic) bond motifs is 1. The summed E-state index contributed by atoms with van der Waals surface area (Å²) >= 11 is 7.02. The molecule has 2 aromatic carbocycles. The van der Waals surface area contributed by atoms with E-state index in [0.29, 0.717) is 44.9 Å². The van der Waals surface area contributed by atoms with Gasteiger partial charge in [-0.05, 0) is 66.0 Å². The first kappa shape index (κ1) is 27.9. The van der Waals surface area contributed by atoms with Crippen LogP contribution in [0.15, 0.2) is 67.5 Å². The fourth-order valence-electron chi connectivity index (χ4n) is 4.67. The Kier molecular flexibility index (Phi) is 8.55. The molecule has 0 amide bonds. The van der Waals surface area contributed by atoms with Crippen LogP contribution in [0.5, 0.6) is 17.4 Å². The van der Waals surface area contributed by atoms with Crippen LogP contribution in [-0.2, 0) is 0 Å². The Morgan fingerprint density at radius 1 is 1.12 bits per heavy atom. The molecule has 10 nitrogen and oxygen atoms in total. The highest BCUT2D eigenvalue weighted by Crippen LogP contribution is 2.36. The van der Waals surface area contributed by atoms with E-state index in [1.54, 1.807) is 24.4 Å². The lowest BCUT2D eigenvalue weighted by Crippen LogP contribution is -2.25. The largest absolute Gasteiger partial charge is 0.490 e. The van der Waals surface area contributed by atoms with Crippen LogP contribution in [0.2, 0.25) is 0 Å². The van der Waals surface area contributed by atoms with Crippen LogP contribution < -0.4 is 15.0 Å². The minimum absolute atomic E-state index is 0.136. The van der Waals surface area contributed by atoms with Crippen LogP contribution in [0.1, 0.15) is 56.3 Å². The normalized spacial score (nSPS) is 14.1. The van der Waals surface area contributed by atoms with Gasteiger partial charge in [-0.25, -0.2) is 9.97 Å². The zero-order chi connectivity index (χ0) is 28.2. The smallest absolute Gasteiger partial charge is 0.287 e. The van der Waals surface area contributed by atoms with Gasteiger partial charge in [0.1, 0.15) is 12.0 Å². The zero-order valence-electron chi connectivity index (χ0n) is 21.5. The Morgan fingerprint density at radius 3 is 2.62 bits per heavy atom. The summed E-state index contributed by atoms with van der Waals surface area (Å²) < 4.78 is 14.5. The van der Waals surface area contributed by atoms with E-state index in [0.717, 1.165) is 36.4 Å². The van der Waals surface area contributed by atoms with Gasteiger partial charge in [0.25, 0.3) is 11.2 Å². The van der Waals surface area contributed by atoms with Crippen molar-refractivity contribution in [1.82, 2.24) is 14.6 Å². The molecular weight excluding hydrogens is 646 g/mol. The zero-order valence-corrected chi connectivity index (χ0v) is 24.7. The van der Waals surface area contributed by atoms with Gasteiger partial charge in [0.2, 0.25) is 5.88 Å². The minimum Gasteiger partial charge on any atom is -0.490 e. The molecule has 2 heterocycles. The van der Waals surface area contributed by atoms with Crippen LogP contribution in [0.3, 0.4) is 0 Å². The van der Waals surface area contributed by atoms with Gasteiger partial charge in [-0.3, -0.25) is 14.9 Å². The molecule has 0 bridgehead atoms. The summed E-state index contributed by atoms with van der Waals surface area (Å²) in [5.41, 5.74) is 0.946. The molecular formula is C28H25Br2N5O5. The Bertz CT molecular complexity index is 1650. The van der Waals surface area contributed by atoms with E-state index >= 15 is 0 Å². The first-order chi connectivity index (χ1) is 19.3. The Hall–Kier alpha value is -3.64. The number of hydrogen-bond acceptors (Lipinski definition) is 8. The van der Waals surface area contributed by atoms with Gasteiger partial charge in [-0.2, -0.15) is 9.78 Å². The lowest BCUT2D eigenvalue weighted by molar-refractivity contribution is -0.385. The Labute approximate surface area is 246 Å². The Balaban J connectivity index is 1.53. The molecule has 40 heavy (non-hydrogen) atoms. The van der Waals surface area contributed by atoms with E-state index < -0.39 is 4.92 Å². The molecule has 206 valence electrons. The molecule has 1 fully saturated rings. The van der Waals surface area contributed by atoms with E-state index in [9.17, 15) is 14.9 Å². The van der Waals surface area contributed by atoms with Crippen molar-refractivity contribution in [2.24, 2.45) is 5.10 Å². The number of nitrogens with zero attached hydrogens (tertiary/aromatic N) is 5. The number of nitro groups is 1. The van der Waals surface area contributed by atoms with Crippen LogP contribution in [0, 0.1) is 10.1 Å². The molecule has 4 aromatic rings. The van der Waals surface area contributed by atoms with E-state index in [4.69, 9.17) is 14.5 Å². The highest BCUT2D eigenvalue weighted by Gasteiger charge is 2.23. The number of benzene rings is 2. The quantitative estimate of drug-likeness (QED) is 0.109. The van der Waals surface area contributed by atoms with Crippen LogP contribution in [0.4, 0.5) is 5.69 Å². The topological polar surface area (TPSA) is 122 Å². The average Bonchev–Trinajstić information content (AvgIpc) is 2.95. The van der Waals surface area contributed by atoms with Crippen molar-refractivity contribution in [2.45, 2.75) is 44.9 Å². The van der Waals surface area contributed by atoms with E-state index in [-0.39, 0.29) is 23.0 Å². The molecule has 0 atom stereocenters. The summed E-state index contributed by atoms with van der Waals surface area (Å²) in [5, 5.41) is 16.0. The molecule has 12 heteroatoms. The van der Waals surface area contributed by atoms with Crippen molar-refractivity contribution in [3.63, 3.8) is 0 Å². The lowest BCUT2D eigenvalue weighted by Gasteiger charge is -2.22. The van der Waals surface area contributed by atoms with Crippen molar-refractivity contribution >= 4 is 54.7 Å². The number of aromatic nitrogens is 3. The second kappa shape index (κ2) is 12.3. The third kappa shape index (κ3) is 6.07. The fraction of sp³-hybridized carbons (Fsp3) is 0.286. The maximum Gasteiger partial charge on any atom is 0.287 e. The SMILES string of the molecule is CCOc1cc(C=Nn2c(C3CCCCC3)nc3ccc(Br)cc3c2=O)c(Br)cc1Oc1ccc([N+](=O)[O-])cn1. The Morgan fingerprint density at radius 2 is 1.93 bits per heavy atom. The summed E-state index contributed by atoms with van der Waals surface area (Å²) in [6.45, 7) is 2.22. The van der Waals surface area contributed by atoms with Gasteiger partial charge in [-0.15, -0.1) is 0 Å². The van der Waals surface area contributed by atoms with Crippen molar-refractivity contribution in [3.05, 3.63) is 89.5 Å². The van der Waals surface area contributed by atoms with Crippen LogP contribution in [0.25, 0.3) is 10.9 Å². The highest BCUT2D eigenvalue weighted by molar-refractivity contribution is 9.10. The molecule has 0 unspecified atom stereocenters. The maximum atomic E-state index is 13.6. The van der Waals surface area contributed by atoms with Gasteiger partial charge in [0.15, 0.2) is 11.5 Å². The maximum absolute atomic E-state index is 13.6. The molecule has 0 aliphatic heterocycles. The molecule has 1 aliphatic rings.